The van der Waals surface area contributed by atoms with Gasteiger partial charge in [-0.3, -0.25) is 0 Å². The second-order valence-electron chi connectivity index (χ2n) is 7.72. The maximum atomic E-state index is 5.57. The summed E-state index contributed by atoms with van der Waals surface area (Å²) >= 11 is 0. The van der Waals surface area contributed by atoms with E-state index in [1.165, 1.54) is 0 Å². The van der Waals surface area contributed by atoms with Gasteiger partial charge in [-0.05, 0) is 53.2 Å². The fourth-order valence-electron chi connectivity index (χ4n) is 4.20. The van der Waals surface area contributed by atoms with Crippen molar-refractivity contribution in [2.75, 3.05) is 28.4 Å². The third-order valence-corrected chi connectivity index (χ3v) is 5.89. The smallest absolute Gasteiger partial charge is 0.161 e. The Morgan fingerprint density at radius 1 is 0.559 bits per heavy atom. The lowest BCUT2D eigenvalue weighted by atomic mass is 9.99. The van der Waals surface area contributed by atoms with Gasteiger partial charge < -0.3 is 18.9 Å². The molecule has 0 amide bonds. The topological polar surface area (TPSA) is 62.7 Å². The molecule has 0 radical (unpaired) electrons. The summed E-state index contributed by atoms with van der Waals surface area (Å²) in [5, 5.41) is 3.19. The van der Waals surface area contributed by atoms with Crippen molar-refractivity contribution < 1.29 is 18.9 Å². The fourth-order valence-corrected chi connectivity index (χ4v) is 4.20. The minimum Gasteiger partial charge on any atom is -0.493 e. The van der Waals surface area contributed by atoms with E-state index in [0.717, 1.165) is 38.5 Å². The lowest BCUT2D eigenvalue weighted by Gasteiger charge is -2.14. The molecule has 0 bridgehead atoms. The Labute approximate surface area is 197 Å². The van der Waals surface area contributed by atoms with Gasteiger partial charge in [-0.25, -0.2) is 9.97 Å². The molecule has 4 aromatic carbocycles. The van der Waals surface area contributed by atoms with Crippen molar-refractivity contribution in [3.63, 3.8) is 0 Å². The van der Waals surface area contributed by atoms with E-state index in [1.54, 1.807) is 28.4 Å². The predicted molar refractivity (Wildman–Crippen MR) is 134 cm³/mol. The molecule has 0 aliphatic carbocycles. The Hall–Kier alpha value is -4.32. The quantitative estimate of drug-likeness (QED) is 0.288. The van der Waals surface area contributed by atoms with E-state index in [-0.39, 0.29) is 0 Å². The Morgan fingerprint density at radius 2 is 1.18 bits per heavy atom. The van der Waals surface area contributed by atoms with E-state index in [9.17, 15) is 0 Å². The molecule has 0 atom stereocenters. The molecule has 0 saturated heterocycles. The van der Waals surface area contributed by atoms with Gasteiger partial charge in [-0.15, -0.1) is 0 Å². The summed E-state index contributed by atoms with van der Waals surface area (Å²) in [5.41, 5.74) is 3.40. The number of fused-ring (bicyclic) bond motifs is 3. The maximum absolute atomic E-state index is 5.57. The number of ether oxygens (including phenoxy) is 4. The highest BCUT2D eigenvalue weighted by Gasteiger charge is 2.17. The Bertz CT molecular complexity index is 1510. The van der Waals surface area contributed by atoms with Gasteiger partial charge in [0.05, 0.1) is 39.6 Å². The van der Waals surface area contributed by atoms with Crippen LogP contribution in [0.5, 0.6) is 23.0 Å². The van der Waals surface area contributed by atoms with Crippen molar-refractivity contribution in [3.8, 4) is 45.6 Å². The van der Waals surface area contributed by atoms with Gasteiger partial charge in [-0.1, -0.05) is 30.3 Å². The van der Waals surface area contributed by atoms with E-state index in [4.69, 9.17) is 28.9 Å². The molecule has 6 heteroatoms. The minimum absolute atomic E-state index is 0.591. The van der Waals surface area contributed by atoms with Crippen LogP contribution in [-0.2, 0) is 0 Å². The van der Waals surface area contributed by atoms with Crippen molar-refractivity contribution in [3.05, 3.63) is 72.8 Å². The van der Waals surface area contributed by atoms with Crippen LogP contribution in [0.1, 0.15) is 0 Å². The first-order chi connectivity index (χ1) is 16.7. The summed E-state index contributed by atoms with van der Waals surface area (Å²) in [7, 11) is 6.48. The minimum atomic E-state index is 0.591. The van der Waals surface area contributed by atoms with Crippen molar-refractivity contribution in [2.45, 2.75) is 0 Å². The molecule has 170 valence electrons. The van der Waals surface area contributed by atoms with Crippen molar-refractivity contribution in [1.29, 1.82) is 0 Å². The van der Waals surface area contributed by atoms with Gasteiger partial charge in [0.25, 0.3) is 0 Å². The molecule has 6 nitrogen and oxygen atoms in total. The number of benzene rings is 4. The van der Waals surface area contributed by atoms with Crippen molar-refractivity contribution in [1.82, 2.24) is 9.97 Å². The van der Waals surface area contributed by atoms with E-state index in [2.05, 4.69) is 18.2 Å². The Kier molecular flexibility index (Phi) is 5.64. The molecule has 0 spiro atoms. The van der Waals surface area contributed by atoms with Crippen LogP contribution >= 0.6 is 0 Å². The van der Waals surface area contributed by atoms with Crippen LogP contribution in [0.4, 0.5) is 0 Å². The van der Waals surface area contributed by atoms with Crippen LogP contribution in [0.15, 0.2) is 72.8 Å². The molecule has 0 saturated carbocycles. The van der Waals surface area contributed by atoms with Crippen LogP contribution in [0.3, 0.4) is 0 Å². The molecule has 0 aliphatic heterocycles. The van der Waals surface area contributed by atoms with Crippen molar-refractivity contribution >= 4 is 21.7 Å². The third kappa shape index (κ3) is 3.63. The highest BCUT2D eigenvalue weighted by molar-refractivity contribution is 6.12. The zero-order valence-electron chi connectivity index (χ0n) is 19.5. The van der Waals surface area contributed by atoms with Gasteiger partial charge in [-0.2, -0.15) is 0 Å². The average molecular weight is 453 g/mol. The number of hydrogen-bond acceptors (Lipinski definition) is 6. The molecule has 0 fully saturated rings. The Balaban J connectivity index is 1.82. The zero-order valence-corrected chi connectivity index (χ0v) is 19.5. The predicted octanol–water partition coefficient (Wildman–Crippen LogP) is 6.15. The van der Waals surface area contributed by atoms with E-state index in [1.807, 2.05) is 54.6 Å². The molecule has 5 aromatic rings. The summed E-state index contributed by atoms with van der Waals surface area (Å²) in [4.78, 5) is 9.98. The van der Waals surface area contributed by atoms with Crippen LogP contribution in [0.25, 0.3) is 44.3 Å². The summed E-state index contributed by atoms with van der Waals surface area (Å²) in [6.45, 7) is 0. The van der Waals surface area contributed by atoms with E-state index >= 15 is 0 Å². The number of rotatable bonds is 6. The lowest BCUT2D eigenvalue weighted by Crippen LogP contribution is -1.98. The third-order valence-electron chi connectivity index (χ3n) is 5.89. The summed E-state index contributed by atoms with van der Waals surface area (Å²) in [6, 6.07) is 23.9. The number of methoxy groups -OCH3 is 4. The van der Waals surface area contributed by atoms with Crippen LogP contribution in [0, 0.1) is 0 Å². The van der Waals surface area contributed by atoms with E-state index in [0.29, 0.717) is 28.8 Å². The fraction of sp³-hybridized carbons (Fsp3) is 0.143. The number of aromatic nitrogens is 2. The van der Waals surface area contributed by atoms with Gasteiger partial charge >= 0.3 is 0 Å². The number of hydrogen-bond donors (Lipinski definition) is 0. The second kappa shape index (κ2) is 8.90. The van der Waals surface area contributed by atoms with Gasteiger partial charge in [0.15, 0.2) is 28.8 Å². The van der Waals surface area contributed by atoms with Gasteiger partial charge in [0.2, 0.25) is 0 Å². The van der Waals surface area contributed by atoms with Crippen LogP contribution in [0.2, 0.25) is 0 Å². The Morgan fingerprint density at radius 3 is 1.85 bits per heavy atom. The second-order valence-corrected chi connectivity index (χ2v) is 7.72. The van der Waals surface area contributed by atoms with Gasteiger partial charge in [0.1, 0.15) is 0 Å². The van der Waals surface area contributed by atoms with E-state index < -0.39 is 0 Å². The molecular formula is C28H24N2O4. The lowest BCUT2D eigenvalue weighted by molar-refractivity contribution is 0.355. The molecular weight excluding hydrogens is 428 g/mol. The normalized spacial score (nSPS) is 10.9. The SMILES string of the molecule is COc1ccc(-c2nc(-c3ccc(OC)c(OC)c3)c3c(ccc4ccccc43)n2)cc1OC. The zero-order chi connectivity index (χ0) is 23.7. The van der Waals surface area contributed by atoms with Crippen molar-refractivity contribution in [2.24, 2.45) is 0 Å². The molecule has 0 aliphatic rings. The first-order valence-corrected chi connectivity index (χ1v) is 10.8. The summed E-state index contributed by atoms with van der Waals surface area (Å²) in [6.07, 6.45) is 0. The summed E-state index contributed by atoms with van der Waals surface area (Å²) < 4.78 is 21.9. The first-order valence-electron chi connectivity index (χ1n) is 10.8. The monoisotopic (exact) mass is 452 g/mol. The maximum Gasteiger partial charge on any atom is 0.161 e. The average Bonchev–Trinajstić information content (AvgIpc) is 2.91. The van der Waals surface area contributed by atoms with Crippen LogP contribution < -0.4 is 18.9 Å². The molecule has 0 unspecified atom stereocenters. The van der Waals surface area contributed by atoms with Crippen LogP contribution in [-0.4, -0.2) is 38.4 Å². The number of nitrogens with zero attached hydrogens (tertiary/aromatic N) is 2. The highest BCUT2D eigenvalue weighted by atomic mass is 16.5. The molecule has 34 heavy (non-hydrogen) atoms. The highest BCUT2D eigenvalue weighted by Crippen LogP contribution is 2.39. The molecule has 0 N–H and O–H groups in total. The summed E-state index contributed by atoms with van der Waals surface area (Å²) in [5.74, 6) is 3.16. The molecule has 1 aromatic heterocycles. The largest absolute Gasteiger partial charge is 0.493 e. The molecule has 5 rings (SSSR count). The molecule has 1 heterocycles. The standard InChI is InChI=1S/C28H24N2O4/c1-31-22-13-10-18(15-24(22)33-3)27-26-20-8-6-5-7-17(20)9-12-21(26)29-28(30-27)19-11-14-23(32-2)25(16-19)34-4/h5-16H,1-4H3. The van der Waals surface area contributed by atoms with Gasteiger partial charge in [0, 0.05) is 16.5 Å². The first kappa shape index (κ1) is 21.5.